The van der Waals surface area contributed by atoms with Gasteiger partial charge in [0.25, 0.3) is 0 Å². The predicted molar refractivity (Wildman–Crippen MR) is 65.5 cm³/mol. The molecular weight excluding hydrogens is 293 g/mol. The van der Waals surface area contributed by atoms with Crippen molar-refractivity contribution < 1.29 is 29.3 Å². The molecule has 0 unspecified atom stereocenters. The van der Waals surface area contributed by atoms with Crippen molar-refractivity contribution >= 4 is 13.4 Å². The SMILES string of the molecule is Nc1ccn([C@H]2C[C@](O)(P(=O)(O)O)[C@@H](CO)O2)c(=O)n1. The topological polar surface area (TPSA) is 168 Å². The van der Waals surface area contributed by atoms with Gasteiger partial charge in [-0.05, 0) is 6.07 Å². The average molecular weight is 307 g/mol. The number of ether oxygens (including phenoxy) is 1. The molecule has 2 heterocycles. The van der Waals surface area contributed by atoms with E-state index >= 15 is 0 Å². The number of aliphatic hydroxyl groups excluding tert-OH is 1. The van der Waals surface area contributed by atoms with Crippen molar-refractivity contribution in [2.24, 2.45) is 0 Å². The van der Waals surface area contributed by atoms with Gasteiger partial charge in [-0.1, -0.05) is 0 Å². The van der Waals surface area contributed by atoms with Gasteiger partial charge in [0.1, 0.15) is 18.1 Å². The van der Waals surface area contributed by atoms with Crippen LogP contribution in [0.3, 0.4) is 0 Å². The van der Waals surface area contributed by atoms with E-state index in [1.165, 1.54) is 12.3 Å². The highest BCUT2D eigenvalue weighted by atomic mass is 31.2. The van der Waals surface area contributed by atoms with Gasteiger partial charge in [-0.25, -0.2) is 4.79 Å². The van der Waals surface area contributed by atoms with Crippen LogP contribution in [0.15, 0.2) is 17.1 Å². The minimum Gasteiger partial charge on any atom is -0.394 e. The van der Waals surface area contributed by atoms with Gasteiger partial charge in [0.15, 0.2) is 5.34 Å². The molecule has 0 saturated carbocycles. The molecule has 2 rings (SSSR count). The molecule has 1 aromatic rings. The summed E-state index contributed by atoms with van der Waals surface area (Å²) in [5.41, 5.74) is 4.53. The van der Waals surface area contributed by atoms with E-state index in [9.17, 15) is 24.3 Å². The van der Waals surface area contributed by atoms with Crippen molar-refractivity contribution in [1.82, 2.24) is 9.55 Å². The zero-order valence-corrected chi connectivity index (χ0v) is 11.1. The largest absolute Gasteiger partial charge is 0.394 e. The molecule has 1 fully saturated rings. The Hall–Kier alpha value is -1.29. The molecule has 20 heavy (non-hydrogen) atoms. The maximum Gasteiger partial charge on any atom is 0.359 e. The number of rotatable bonds is 3. The van der Waals surface area contributed by atoms with E-state index in [4.69, 9.17) is 15.6 Å². The fourth-order valence-electron chi connectivity index (χ4n) is 2.04. The number of aliphatic hydroxyl groups is 2. The summed E-state index contributed by atoms with van der Waals surface area (Å²) < 4.78 is 17.5. The smallest absolute Gasteiger partial charge is 0.359 e. The summed E-state index contributed by atoms with van der Waals surface area (Å²) in [6.07, 6.45) is -2.01. The van der Waals surface area contributed by atoms with Gasteiger partial charge in [-0.2, -0.15) is 4.98 Å². The first kappa shape index (κ1) is 15.1. The molecule has 0 amide bonds. The Kier molecular flexibility index (Phi) is 3.71. The first-order valence-corrected chi connectivity index (χ1v) is 7.19. The van der Waals surface area contributed by atoms with Crippen molar-refractivity contribution in [3.63, 3.8) is 0 Å². The molecule has 6 N–H and O–H groups in total. The standard InChI is InChI=1S/C9H14N3O7P/c10-6-1-2-12(8(14)11-6)7-3-9(15,20(16,17)18)5(4-13)19-7/h1-2,5,7,13,15H,3-4H2,(H2,10,11,14)(H2,16,17,18)/t5-,7-,9+/m1/s1. The maximum absolute atomic E-state index is 11.6. The van der Waals surface area contributed by atoms with E-state index in [-0.39, 0.29) is 5.82 Å². The average Bonchev–Trinajstić information content (AvgIpc) is 2.67. The number of nitrogen functional groups attached to an aromatic ring is 1. The molecular formula is C9H14N3O7P. The van der Waals surface area contributed by atoms with Crippen LogP contribution >= 0.6 is 7.60 Å². The van der Waals surface area contributed by atoms with Gasteiger partial charge in [0.2, 0.25) is 0 Å². The highest BCUT2D eigenvalue weighted by Gasteiger charge is 2.59. The predicted octanol–water partition coefficient (Wildman–Crippen LogP) is -2.03. The van der Waals surface area contributed by atoms with Crippen LogP contribution in [0, 0.1) is 0 Å². The number of hydrogen-bond donors (Lipinski definition) is 5. The van der Waals surface area contributed by atoms with Crippen LogP contribution < -0.4 is 11.4 Å². The molecule has 0 bridgehead atoms. The van der Waals surface area contributed by atoms with Crippen molar-refractivity contribution in [2.45, 2.75) is 24.1 Å². The Morgan fingerprint density at radius 1 is 1.60 bits per heavy atom. The van der Waals surface area contributed by atoms with Gasteiger partial charge in [-0.15, -0.1) is 0 Å². The summed E-state index contributed by atoms with van der Waals surface area (Å²) in [6.45, 7) is -0.810. The highest BCUT2D eigenvalue weighted by molar-refractivity contribution is 7.53. The summed E-state index contributed by atoms with van der Waals surface area (Å²) in [5.74, 6) is -0.0202. The summed E-state index contributed by atoms with van der Waals surface area (Å²) >= 11 is 0. The second kappa shape index (κ2) is 4.92. The summed E-state index contributed by atoms with van der Waals surface area (Å²) in [6, 6.07) is 1.30. The highest BCUT2D eigenvalue weighted by Crippen LogP contribution is 2.58. The van der Waals surface area contributed by atoms with Crippen molar-refractivity contribution in [1.29, 1.82) is 0 Å². The second-order valence-corrected chi connectivity index (χ2v) is 6.29. The molecule has 1 saturated heterocycles. The maximum atomic E-state index is 11.6. The molecule has 1 aliphatic heterocycles. The lowest BCUT2D eigenvalue weighted by atomic mass is 10.2. The Morgan fingerprint density at radius 2 is 2.25 bits per heavy atom. The fourth-order valence-corrected chi connectivity index (χ4v) is 2.95. The Labute approximate surface area is 112 Å². The second-order valence-electron chi connectivity index (χ2n) is 4.43. The van der Waals surface area contributed by atoms with Crippen LogP contribution in [-0.4, -0.2) is 47.6 Å². The van der Waals surface area contributed by atoms with Gasteiger partial charge >= 0.3 is 13.3 Å². The first-order valence-electron chi connectivity index (χ1n) is 5.58. The van der Waals surface area contributed by atoms with E-state index in [0.717, 1.165) is 4.57 Å². The molecule has 0 aliphatic carbocycles. The number of aromatic nitrogens is 2. The number of anilines is 1. The number of hydrogen-bond acceptors (Lipinski definition) is 7. The molecule has 0 spiro atoms. The van der Waals surface area contributed by atoms with Crippen molar-refractivity contribution in [3.8, 4) is 0 Å². The third-order valence-corrected chi connectivity index (χ3v) is 4.62. The molecule has 3 atom stereocenters. The van der Waals surface area contributed by atoms with Gasteiger partial charge in [0.05, 0.1) is 6.61 Å². The van der Waals surface area contributed by atoms with Crippen LogP contribution in [0.25, 0.3) is 0 Å². The summed E-state index contributed by atoms with van der Waals surface area (Å²) in [7, 11) is -4.97. The van der Waals surface area contributed by atoms with Gasteiger partial charge in [0, 0.05) is 12.6 Å². The normalized spacial score (nSPS) is 30.6. The minimum absolute atomic E-state index is 0.0202. The van der Waals surface area contributed by atoms with Crippen molar-refractivity contribution in [2.75, 3.05) is 12.3 Å². The lowest BCUT2D eigenvalue weighted by Gasteiger charge is -2.27. The van der Waals surface area contributed by atoms with E-state index in [1.807, 2.05) is 0 Å². The molecule has 0 radical (unpaired) electrons. The third kappa shape index (κ3) is 2.37. The van der Waals surface area contributed by atoms with Crippen LogP contribution in [0.4, 0.5) is 5.82 Å². The Balaban J connectivity index is 2.39. The lowest BCUT2D eigenvalue weighted by molar-refractivity contribution is -0.0613. The molecule has 10 nitrogen and oxygen atoms in total. The van der Waals surface area contributed by atoms with Gasteiger partial charge < -0.3 is 30.5 Å². The Bertz CT molecular complexity index is 614. The summed E-state index contributed by atoms with van der Waals surface area (Å²) in [4.78, 5) is 33.5. The molecule has 11 heteroatoms. The first-order chi connectivity index (χ1) is 9.19. The molecule has 112 valence electrons. The van der Waals surface area contributed by atoms with Gasteiger partial charge in [-0.3, -0.25) is 9.13 Å². The minimum atomic E-state index is -4.97. The Morgan fingerprint density at radius 3 is 2.70 bits per heavy atom. The van der Waals surface area contributed by atoms with E-state index in [1.54, 1.807) is 0 Å². The summed E-state index contributed by atoms with van der Waals surface area (Å²) in [5, 5.41) is 16.6. The molecule has 1 aromatic heterocycles. The fraction of sp³-hybridized carbons (Fsp3) is 0.556. The van der Waals surface area contributed by atoms with E-state index in [0.29, 0.717) is 0 Å². The van der Waals surface area contributed by atoms with Crippen LogP contribution in [0.1, 0.15) is 12.6 Å². The quantitative estimate of drug-likeness (QED) is 0.395. The molecule has 1 aliphatic rings. The number of nitrogens with two attached hydrogens (primary N) is 1. The zero-order chi connectivity index (χ0) is 15.1. The van der Waals surface area contributed by atoms with Crippen LogP contribution in [0.2, 0.25) is 0 Å². The lowest BCUT2D eigenvalue weighted by Crippen LogP contribution is -2.40. The number of nitrogens with zero attached hydrogens (tertiary/aromatic N) is 2. The van der Waals surface area contributed by atoms with E-state index < -0.39 is 44.0 Å². The molecule has 0 aromatic carbocycles. The van der Waals surface area contributed by atoms with Crippen LogP contribution in [-0.2, 0) is 9.30 Å². The monoisotopic (exact) mass is 307 g/mol. The van der Waals surface area contributed by atoms with Crippen LogP contribution in [0.5, 0.6) is 0 Å². The zero-order valence-electron chi connectivity index (χ0n) is 10.2. The third-order valence-electron chi connectivity index (χ3n) is 3.14. The van der Waals surface area contributed by atoms with Crippen molar-refractivity contribution in [3.05, 3.63) is 22.7 Å². The van der Waals surface area contributed by atoms with E-state index in [2.05, 4.69) is 4.98 Å².